The predicted molar refractivity (Wildman–Crippen MR) is 53.4 cm³/mol. The van der Waals surface area contributed by atoms with Gasteiger partial charge in [0.2, 0.25) is 0 Å². The van der Waals surface area contributed by atoms with Crippen LogP contribution in [0.15, 0.2) is 18.2 Å². The number of benzene rings is 1. The van der Waals surface area contributed by atoms with E-state index in [0.717, 1.165) is 16.5 Å². The summed E-state index contributed by atoms with van der Waals surface area (Å²) < 4.78 is 0. The van der Waals surface area contributed by atoms with Crippen molar-refractivity contribution in [3.63, 3.8) is 0 Å². The molecular weight excluding hydrogens is 176 g/mol. The fourth-order valence-electron chi connectivity index (χ4n) is 1.32. The zero-order valence-corrected chi connectivity index (χ0v) is 7.65. The summed E-state index contributed by atoms with van der Waals surface area (Å²) in [4.78, 5) is 0. The lowest BCUT2D eigenvalue weighted by Crippen LogP contribution is -1.98. The van der Waals surface area contributed by atoms with Gasteiger partial charge in [-0.1, -0.05) is 12.1 Å². The number of aryl methyl sites for hydroxylation is 1. The Bertz CT molecular complexity index is 540. The van der Waals surface area contributed by atoms with Crippen LogP contribution in [0.25, 0.3) is 10.9 Å². The van der Waals surface area contributed by atoms with E-state index in [0.29, 0.717) is 5.69 Å². The molecule has 0 aliphatic rings. The van der Waals surface area contributed by atoms with E-state index in [1.54, 1.807) is 0 Å². The summed E-state index contributed by atoms with van der Waals surface area (Å²) in [5.74, 6) is 0. The minimum Gasteiger partial charge on any atom is -0.396 e. The summed E-state index contributed by atoms with van der Waals surface area (Å²) in [7, 11) is 0. The van der Waals surface area contributed by atoms with E-state index in [9.17, 15) is 0 Å². The number of aromatic nitrogens is 2. The number of nitrogens with zero attached hydrogens (tertiary/aromatic N) is 3. The van der Waals surface area contributed by atoms with Gasteiger partial charge in [0.25, 0.3) is 0 Å². The summed E-state index contributed by atoms with van der Waals surface area (Å²) in [6.07, 6.45) is 0. The molecule has 1 aromatic heterocycles. The molecule has 0 saturated heterocycles. The molecule has 68 valence electrons. The van der Waals surface area contributed by atoms with Crippen molar-refractivity contribution < 1.29 is 0 Å². The van der Waals surface area contributed by atoms with E-state index in [4.69, 9.17) is 11.0 Å². The van der Waals surface area contributed by atoms with Gasteiger partial charge in [0.15, 0.2) is 5.69 Å². The number of anilines is 1. The Labute approximate surface area is 81.0 Å². The van der Waals surface area contributed by atoms with Gasteiger partial charge < -0.3 is 5.73 Å². The maximum Gasteiger partial charge on any atom is 0.186 e. The van der Waals surface area contributed by atoms with Crippen molar-refractivity contribution in [2.45, 2.75) is 6.92 Å². The van der Waals surface area contributed by atoms with Crippen LogP contribution >= 0.6 is 0 Å². The largest absolute Gasteiger partial charge is 0.396 e. The van der Waals surface area contributed by atoms with Gasteiger partial charge in [-0.25, -0.2) is 0 Å². The molecule has 0 spiro atoms. The van der Waals surface area contributed by atoms with Crippen molar-refractivity contribution in [2.24, 2.45) is 0 Å². The average molecular weight is 184 g/mol. The summed E-state index contributed by atoms with van der Waals surface area (Å²) in [6, 6.07) is 7.58. The molecule has 0 saturated carbocycles. The Morgan fingerprint density at radius 3 is 2.86 bits per heavy atom. The standard InChI is InChI=1S/C10H8N4/c1-6-2-3-7-8(4-6)13-14-9(5-11)10(7)12/h2-4H,1H3,(H2,12,13). The molecule has 1 heterocycles. The number of fused-ring (bicyclic) bond motifs is 1. The van der Waals surface area contributed by atoms with E-state index in [1.807, 2.05) is 31.2 Å². The SMILES string of the molecule is Cc1ccc2c(N)c(C#N)nnc2c1. The minimum atomic E-state index is 0.182. The Balaban J connectivity index is 2.85. The van der Waals surface area contributed by atoms with Crippen molar-refractivity contribution >= 4 is 16.6 Å². The number of hydrogen-bond acceptors (Lipinski definition) is 4. The van der Waals surface area contributed by atoms with Crippen molar-refractivity contribution in [1.29, 1.82) is 5.26 Å². The number of hydrogen-bond donors (Lipinski definition) is 1. The van der Waals surface area contributed by atoms with Gasteiger partial charge in [-0.15, -0.1) is 10.2 Å². The molecule has 0 bridgehead atoms. The zero-order chi connectivity index (χ0) is 10.1. The normalized spacial score (nSPS) is 10.0. The molecule has 0 aliphatic heterocycles. The quantitative estimate of drug-likeness (QED) is 0.671. The molecule has 4 heteroatoms. The highest BCUT2D eigenvalue weighted by atomic mass is 15.1. The molecule has 14 heavy (non-hydrogen) atoms. The zero-order valence-electron chi connectivity index (χ0n) is 7.65. The van der Waals surface area contributed by atoms with E-state index < -0.39 is 0 Å². The lowest BCUT2D eigenvalue weighted by atomic mass is 10.1. The average Bonchev–Trinajstić information content (AvgIpc) is 2.18. The highest BCUT2D eigenvalue weighted by Gasteiger charge is 2.06. The molecular formula is C10H8N4. The molecule has 1 aromatic carbocycles. The van der Waals surface area contributed by atoms with Gasteiger partial charge in [-0.3, -0.25) is 0 Å². The molecule has 0 aliphatic carbocycles. The highest BCUT2D eigenvalue weighted by molar-refractivity contribution is 5.91. The second-order valence-corrected chi connectivity index (χ2v) is 3.09. The smallest absolute Gasteiger partial charge is 0.186 e. The maximum atomic E-state index is 8.70. The molecule has 0 atom stereocenters. The summed E-state index contributed by atoms with van der Waals surface area (Å²) >= 11 is 0. The first-order valence-corrected chi connectivity index (χ1v) is 4.15. The third kappa shape index (κ3) is 1.15. The van der Waals surface area contributed by atoms with Crippen LogP contribution in [0.5, 0.6) is 0 Å². The Hall–Kier alpha value is -2.15. The highest BCUT2D eigenvalue weighted by Crippen LogP contribution is 2.21. The van der Waals surface area contributed by atoms with Gasteiger partial charge in [0.1, 0.15) is 6.07 Å². The van der Waals surface area contributed by atoms with Crippen LogP contribution in [0.3, 0.4) is 0 Å². The minimum absolute atomic E-state index is 0.182. The molecule has 0 fully saturated rings. The van der Waals surface area contributed by atoms with Crippen molar-refractivity contribution in [3.05, 3.63) is 29.5 Å². The lowest BCUT2D eigenvalue weighted by molar-refractivity contribution is 1.05. The van der Waals surface area contributed by atoms with Crippen molar-refractivity contribution in [2.75, 3.05) is 5.73 Å². The van der Waals surface area contributed by atoms with E-state index in [1.165, 1.54) is 0 Å². The van der Waals surface area contributed by atoms with E-state index >= 15 is 0 Å². The first kappa shape index (κ1) is 8.45. The van der Waals surface area contributed by atoms with Crippen molar-refractivity contribution in [1.82, 2.24) is 10.2 Å². The molecule has 2 N–H and O–H groups in total. The molecule has 4 nitrogen and oxygen atoms in total. The lowest BCUT2D eigenvalue weighted by Gasteiger charge is -2.02. The third-order valence-electron chi connectivity index (χ3n) is 2.06. The van der Waals surface area contributed by atoms with Gasteiger partial charge in [0.05, 0.1) is 11.2 Å². The molecule has 0 unspecified atom stereocenters. The van der Waals surface area contributed by atoms with Crippen LogP contribution in [0.4, 0.5) is 5.69 Å². The predicted octanol–water partition coefficient (Wildman–Crippen LogP) is 1.39. The van der Waals surface area contributed by atoms with Crippen LogP contribution in [-0.2, 0) is 0 Å². The number of nitriles is 1. The van der Waals surface area contributed by atoms with Crippen LogP contribution < -0.4 is 5.73 Å². The van der Waals surface area contributed by atoms with Gasteiger partial charge >= 0.3 is 0 Å². The molecule has 2 aromatic rings. The first-order valence-electron chi connectivity index (χ1n) is 4.15. The summed E-state index contributed by atoms with van der Waals surface area (Å²) in [6.45, 7) is 1.97. The molecule has 2 rings (SSSR count). The van der Waals surface area contributed by atoms with Crippen LogP contribution in [-0.4, -0.2) is 10.2 Å². The molecule has 0 amide bonds. The van der Waals surface area contributed by atoms with Crippen LogP contribution in [0, 0.1) is 18.3 Å². The van der Waals surface area contributed by atoms with Gasteiger partial charge in [0, 0.05) is 5.39 Å². The topological polar surface area (TPSA) is 75.6 Å². The second-order valence-electron chi connectivity index (χ2n) is 3.09. The monoisotopic (exact) mass is 184 g/mol. The van der Waals surface area contributed by atoms with Crippen molar-refractivity contribution in [3.8, 4) is 6.07 Å². The Morgan fingerprint density at radius 1 is 1.36 bits per heavy atom. The fraction of sp³-hybridized carbons (Fsp3) is 0.100. The first-order chi connectivity index (χ1) is 6.72. The maximum absolute atomic E-state index is 8.70. The van der Waals surface area contributed by atoms with Gasteiger partial charge in [-0.05, 0) is 18.6 Å². The number of nitrogen functional groups attached to an aromatic ring is 1. The Morgan fingerprint density at radius 2 is 2.14 bits per heavy atom. The molecule has 0 radical (unpaired) electrons. The fourth-order valence-corrected chi connectivity index (χ4v) is 1.32. The second kappa shape index (κ2) is 2.96. The van der Waals surface area contributed by atoms with Gasteiger partial charge in [-0.2, -0.15) is 5.26 Å². The Kier molecular flexibility index (Phi) is 1.79. The van der Waals surface area contributed by atoms with Crippen LogP contribution in [0.2, 0.25) is 0 Å². The van der Waals surface area contributed by atoms with E-state index in [2.05, 4.69) is 10.2 Å². The van der Waals surface area contributed by atoms with Crippen LogP contribution in [0.1, 0.15) is 11.3 Å². The summed E-state index contributed by atoms with van der Waals surface area (Å²) in [5.41, 5.74) is 8.15. The third-order valence-corrected chi connectivity index (χ3v) is 2.06. The summed E-state index contributed by atoms with van der Waals surface area (Å²) in [5, 5.41) is 17.1. The van der Waals surface area contributed by atoms with E-state index in [-0.39, 0.29) is 5.69 Å². The number of rotatable bonds is 0. The number of nitrogens with two attached hydrogens (primary N) is 1.